The van der Waals surface area contributed by atoms with Crippen LogP contribution in [0.25, 0.3) is 0 Å². The molecule has 2 aliphatic heterocycles. The molecular weight excluding hydrogens is 312 g/mol. The average Bonchev–Trinajstić information content (AvgIpc) is 2.96. The quantitative estimate of drug-likeness (QED) is 0.886. The number of likely N-dealkylation sites (tertiary alicyclic amines) is 1. The molecule has 5 nitrogen and oxygen atoms in total. The Morgan fingerprint density at radius 2 is 2.26 bits per heavy atom. The monoisotopic (exact) mass is 336 g/mol. The maximum absolute atomic E-state index is 12.4. The maximum atomic E-state index is 12.4. The summed E-state index contributed by atoms with van der Waals surface area (Å²) in [6, 6.07) is 3.48. The Labute approximate surface area is 142 Å². The molecule has 1 atom stereocenters. The number of pyridine rings is 1. The van der Waals surface area contributed by atoms with Crippen LogP contribution in [0.3, 0.4) is 0 Å². The molecule has 2 fully saturated rings. The van der Waals surface area contributed by atoms with Gasteiger partial charge < -0.3 is 15.5 Å². The van der Waals surface area contributed by atoms with E-state index in [1.165, 1.54) is 6.42 Å². The van der Waals surface area contributed by atoms with Crippen molar-refractivity contribution in [2.45, 2.75) is 26.2 Å². The maximum Gasteiger partial charge on any atom is 0.228 e. The largest absolute Gasteiger partial charge is 0.316 e. The van der Waals surface area contributed by atoms with E-state index in [1.807, 2.05) is 0 Å². The van der Waals surface area contributed by atoms with E-state index in [-0.39, 0.29) is 11.8 Å². The number of rotatable bonds is 4. The molecule has 2 saturated heterocycles. The van der Waals surface area contributed by atoms with Gasteiger partial charge in [0.15, 0.2) is 0 Å². The number of hydrogen-bond acceptors (Lipinski definition) is 4. The Kier molecular flexibility index (Phi) is 5.19. The summed E-state index contributed by atoms with van der Waals surface area (Å²) in [5, 5.41) is 6.93. The second-order valence-corrected chi connectivity index (χ2v) is 7.58. The highest BCUT2D eigenvalue weighted by Gasteiger charge is 2.33. The van der Waals surface area contributed by atoms with Crippen LogP contribution >= 0.6 is 11.6 Å². The van der Waals surface area contributed by atoms with E-state index < -0.39 is 0 Å². The van der Waals surface area contributed by atoms with Crippen LogP contribution < -0.4 is 10.6 Å². The Hall–Kier alpha value is -1.17. The summed E-state index contributed by atoms with van der Waals surface area (Å²) in [6.07, 6.45) is 4.64. The van der Waals surface area contributed by atoms with Crippen molar-refractivity contribution >= 4 is 23.3 Å². The minimum absolute atomic E-state index is 0.0771. The molecule has 2 N–H and O–H groups in total. The minimum atomic E-state index is 0.0771. The van der Waals surface area contributed by atoms with Crippen molar-refractivity contribution in [2.24, 2.45) is 11.3 Å². The number of hydrogen-bond donors (Lipinski definition) is 2. The van der Waals surface area contributed by atoms with Gasteiger partial charge in [-0.3, -0.25) is 4.79 Å². The van der Waals surface area contributed by atoms with Crippen molar-refractivity contribution in [1.82, 2.24) is 15.2 Å². The van der Waals surface area contributed by atoms with Crippen molar-refractivity contribution in [1.29, 1.82) is 0 Å². The smallest absolute Gasteiger partial charge is 0.228 e. The summed E-state index contributed by atoms with van der Waals surface area (Å²) in [5.74, 6) is 0.734. The Balaban J connectivity index is 1.46. The van der Waals surface area contributed by atoms with Gasteiger partial charge in [-0.15, -0.1) is 0 Å². The van der Waals surface area contributed by atoms with E-state index in [0.717, 1.165) is 45.6 Å². The van der Waals surface area contributed by atoms with Crippen molar-refractivity contribution in [3.63, 3.8) is 0 Å². The molecule has 6 heteroatoms. The fourth-order valence-electron chi connectivity index (χ4n) is 3.57. The van der Waals surface area contributed by atoms with Crippen LogP contribution in [0.4, 0.5) is 5.82 Å². The Morgan fingerprint density at radius 1 is 1.48 bits per heavy atom. The van der Waals surface area contributed by atoms with Gasteiger partial charge in [0.2, 0.25) is 5.91 Å². The molecule has 3 rings (SSSR count). The zero-order valence-corrected chi connectivity index (χ0v) is 14.4. The average molecular weight is 337 g/mol. The molecule has 1 amide bonds. The molecule has 0 aliphatic carbocycles. The van der Waals surface area contributed by atoms with Gasteiger partial charge in [-0.05, 0) is 56.4 Å². The highest BCUT2D eigenvalue weighted by Crippen LogP contribution is 2.28. The van der Waals surface area contributed by atoms with E-state index in [2.05, 4.69) is 27.4 Å². The van der Waals surface area contributed by atoms with Gasteiger partial charge >= 0.3 is 0 Å². The standard InChI is InChI=1S/C17H25ClN4O/c1-17(6-7-19-11-17)12-22-8-4-13(5-9-22)16(23)21-15-3-2-14(18)10-20-15/h2-3,10,13,19H,4-9,11-12H2,1H3,(H,20,21,23). The first-order valence-corrected chi connectivity index (χ1v) is 8.77. The summed E-state index contributed by atoms with van der Waals surface area (Å²) in [7, 11) is 0. The SMILES string of the molecule is CC1(CN2CCC(C(=O)Nc3ccc(Cl)cn3)CC2)CCNC1. The molecule has 23 heavy (non-hydrogen) atoms. The van der Waals surface area contributed by atoms with Crippen LogP contribution in [0.15, 0.2) is 18.3 Å². The van der Waals surface area contributed by atoms with Crippen molar-refractivity contribution in [3.8, 4) is 0 Å². The first kappa shape index (κ1) is 16.7. The van der Waals surface area contributed by atoms with Crippen molar-refractivity contribution < 1.29 is 4.79 Å². The summed E-state index contributed by atoms with van der Waals surface area (Å²) >= 11 is 5.81. The highest BCUT2D eigenvalue weighted by molar-refractivity contribution is 6.30. The number of nitrogens with zero attached hydrogens (tertiary/aromatic N) is 2. The van der Waals surface area contributed by atoms with E-state index in [9.17, 15) is 4.79 Å². The minimum Gasteiger partial charge on any atom is -0.316 e. The Bertz CT molecular complexity index is 534. The number of amides is 1. The molecule has 0 aromatic carbocycles. The molecule has 3 heterocycles. The van der Waals surface area contributed by atoms with Gasteiger partial charge in [-0.25, -0.2) is 4.98 Å². The molecular formula is C17H25ClN4O. The van der Waals surface area contributed by atoms with Gasteiger partial charge in [0.25, 0.3) is 0 Å². The predicted molar refractivity (Wildman–Crippen MR) is 92.6 cm³/mol. The second-order valence-electron chi connectivity index (χ2n) is 7.14. The van der Waals surface area contributed by atoms with Gasteiger partial charge in [-0.2, -0.15) is 0 Å². The third kappa shape index (κ3) is 4.43. The zero-order chi connectivity index (χ0) is 16.3. The lowest BCUT2D eigenvalue weighted by molar-refractivity contribution is -0.121. The lowest BCUT2D eigenvalue weighted by atomic mass is 9.87. The lowest BCUT2D eigenvalue weighted by Crippen LogP contribution is -2.43. The number of anilines is 1. The van der Waals surface area contributed by atoms with E-state index in [0.29, 0.717) is 16.3 Å². The first-order valence-electron chi connectivity index (χ1n) is 8.40. The molecule has 126 valence electrons. The number of carbonyl (C=O) groups is 1. The first-order chi connectivity index (χ1) is 11.0. The number of carbonyl (C=O) groups excluding carboxylic acids is 1. The topological polar surface area (TPSA) is 57.3 Å². The van der Waals surface area contributed by atoms with E-state index in [4.69, 9.17) is 11.6 Å². The molecule has 1 aromatic rings. The van der Waals surface area contributed by atoms with Gasteiger partial charge in [0, 0.05) is 25.2 Å². The van der Waals surface area contributed by atoms with Crippen LogP contribution in [0.5, 0.6) is 0 Å². The molecule has 0 spiro atoms. The van der Waals surface area contributed by atoms with Crippen molar-refractivity contribution in [3.05, 3.63) is 23.4 Å². The fraction of sp³-hybridized carbons (Fsp3) is 0.647. The second kappa shape index (κ2) is 7.16. The van der Waals surface area contributed by atoms with E-state index in [1.54, 1.807) is 18.3 Å². The number of nitrogens with one attached hydrogen (secondary N) is 2. The van der Waals surface area contributed by atoms with Crippen LogP contribution in [-0.4, -0.2) is 48.5 Å². The molecule has 0 saturated carbocycles. The molecule has 0 bridgehead atoms. The van der Waals surface area contributed by atoms with Gasteiger partial charge in [0.05, 0.1) is 5.02 Å². The third-order valence-corrected chi connectivity index (χ3v) is 5.22. The summed E-state index contributed by atoms with van der Waals surface area (Å²) < 4.78 is 0. The normalized spacial score (nSPS) is 26.3. The summed E-state index contributed by atoms with van der Waals surface area (Å²) in [6.45, 7) is 7.73. The summed E-state index contributed by atoms with van der Waals surface area (Å²) in [4.78, 5) is 19.0. The number of halogens is 1. The van der Waals surface area contributed by atoms with Crippen LogP contribution in [-0.2, 0) is 4.79 Å². The predicted octanol–water partition coefficient (Wildman–Crippen LogP) is 2.39. The van der Waals surface area contributed by atoms with Crippen LogP contribution in [0.2, 0.25) is 5.02 Å². The van der Waals surface area contributed by atoms with Crippen molar-refractivity contribution in [2.75, 3.05) is 38.0 Å². The van der Waals surface area contributed by atoms with Crippen LogP contribution in [0.1, 0.15) is 26.2 Å². The molecule has 1 aromatic heterocycles. The molecule has 0 radical (unpaired) electrons. The van der Waals surface area contributed by atoms with Gasteiger partial charge in [-0.1, -0.05) is 18.5 Å². The van der Waals surface area contributed by atoms with Crippen LogP contribution in [0, 0.1) is 11.3 Å². The van der Waals surface area contributed by atoms with E-state index >= 15 is 0 Å². The Morgan fingerprint density at radius 3 is 2.87 bits per heavy atom. The third-order valence-electron chi connectivity index (χ3n) is 5.00. The number of piperidine rings is 1. The lowest BCUT2D eigenvalue weighted by Gasteiger charge is -2.36. The summed E-state index contributed by atoms with van der Waals surface area (Å²) in [5.41, 5.74) is 0.391. The zero-order valence-electron chi connectivity index (χ0n) is 13.6. The fourth-order valence-corrected chi connectivity index (χ4v) is 3.69. The van der Waals surface area contributed by atoms with Gasteiger partial charge in [0.1, 0.15) is 5.82 Å². The highest BCUT2D eigenvalue weighted by atomic mass is 35.5. The molecule has 1 unspecified atom stereocenters. The number of aromatic nitrogens is 1. The molecule has 2 aliphatic rings.